The fourth-order valence-corrected chi connectivity index (χ4v) is 8.83. The number of hydrogen-bond donors (Lipinski definition) is 4. The van der Waals surface area contributed by atoms with Crippen molar-refractivity contribution in [2.24, 2.45) is 0 Å². The Morgan fingerprint density at radius 1 is 0.644 bits per heavy atom. The number of urea groups is 1. The number of amides is 2. The van der Waals surface area contributed by atoms with E-state index in [2.05, 4.69) is 10.2 Å². The molecule has 1 aromatic heterocycles. The van der Waals surface area contributed by atoms with Crippen LogP contribution in [0.1, 0.15) is 28.3 Å². The van der Waals surface area contributed by atoms with Crippen LogP contribution in [0, 0.1) is 0 Å². The van der Waals surface area contributed by atoms with Crippen LogP contribution in [0.3, 0.4) is 0 Å². The van der Waals surface area contributed by atoms with Crippen molar-refractivity contribution < 1.29 is 33.4 Å². The Bertz CT molecular complexity index is 2480. The van der Waals surface area contributed by atoms with Crippen molar-refractivity contribution in [3.8, 4) is 17.2 Å². The first-order chi connectivity index (χ1) is 28.7. The highest BCUT2D eigenvalue weighted by Gasteiger charge is 2.47. The minimum Gasteiger partial charge on any atom is -0.479 e. The molecule has 0 aliphatic carbocycles. The van der Waals surface area contributed by atoms with Gasteiger partial charge in [0.15, 0.2) is 5.82 Å². The number of ether oxygens (including phenoxy) is 1. The Morgan fingerprint density at radius 2 is 1.20 bits per heavy atom. The molecular weight excluding hydrogens is 766 g/mol. The van der Waals surface area contributed by atoms with Crippen molar-refractivity contribution in [2.75, 3.05) is 12.1 Å². The third kappa shape index (κ3) is 9.10. The van der Waals surface area contributed by atoms with Crippen LogP contribution in [0.15, 0.2) is 164 Å². The normalized spacial score (nSPS) is 18.4. The molecule has 7 aromatic rings. The number of rotatable bonds is 14. The third-order valence-electron chi connectivity index (χ3n) is 10.3. The molecule has 5 N–H and O–H groups in total. The van der Waals surface area contributed by atoms with E-state index in [1.807, 2.05) is 97.1 Å². The lowest BCUT2D eigenvalue weighted by atomic mass is 9.90. The summed E-state index contributed by atoms with van der Waals surface area (Å²) in [6.45, 7) is 0.139. The number of para-hydroxylation sites is 2. The van der Waals surface area contributed by atoms with E-state index in [1.165, 1.54) is 0 Å². The highest BCUT2D eigenvalue weighted by Crippen LogP contribution is 2.48. The van der Waals surface area contributed by atoms with Gasteiger partial charge in [-0.05, 0) is 77.2 Å². The van der Waals surface area contributed by atoms with E-state index >= 15 is 4.79 Å². The summed E-state index contributed by atoms with van der Waals surface area (Å²) in [5, 5.41) is 32.1. The zero-order valence-electron chi connectivity index (χ0n) is 32.0. The first-order valence-electron chi connectivity index (χ1n) is 19.3. The standard InChI is InChI=1S/C46H44N5O7P/c47-45-39-27-34(24-25-40(39)48-49-45)29-50-41(28-32-14-5-1-6-15-32)43(52)44(53)42(35-17-7-2-8-18-35)51(46(50)54)30-33-16-13-23-38(26-33)56-31-59(55,57-36-19-9-3-10-20-36)58-37-21-11-4-12-22-37/h1-27,41-44,52-53H,28-31H2,(H3,47,48,49)/t41-,42?,43+,44+/m1/s1. The molecule has 4 atom stereocenters. The molecule has 0 radical (unpaired) electrons. The second-order valence-corrected chi connectivity index (χ2v) is 16.3. The Balaban J connectivity index is 1.13. The molecule has 1 saturated heterocycles. The topological polar surface area (TPSA) is 163 Å². The van der Waals surface area contributed by atoms with Crippen LogP contribution in [-0.2, 0) is 24.1 Å². The van der Waals surface area contributed by atoms with E-state index in [-0.39, 0.29) is 25.5 Å². The van der Waals surface area contributed by atoms with Gasteiger partial charge in [0.25, 0.3) is 0 Å². The molecule has 1 aliphatic heterocycles. The van der Waals surface area contributed by atoms with Gasteiger partial charge in [0, 0.05) is 18.5 Å². The number of aliphatic hydroxyl groups excluding tert-OH is 2. The minimum absolute atomic E-state index is 0.0281. The zero-order chi connectivity index (χ0) is 40.8. The number of nitrogens with two attached hydrogens (primary N) is 1. The highest BCUT2D eigenvalue weighted by atomic mass is 31.2. The fraction of sp³-hybridized carbons (Fsp3) is 0.174. The van der Waals surface area contributed by atoms with Gasteiger partial charge in [-0.2, -0.15) is 5.10 Å². The number of aliphatic hydroxyl groups is 2. The first-order valence-corrected chi connectivity index (χ1v) is 21.0. The van der Waals surface area contributed by atoms with Crippen LogP contribution in [0.2, 0.25) is 0 Å². The fourth-order valence-electron chi connectivity index (χ4n) is 7.49. The van der Waals surface area contributed by atoms with E-state index in [4.69, 9.17) is 19.5 Å². The number of benzene rings is 6. The Morgan fingerprint density at radius 3 is 1.86 bits per heavy atom. The summed E-state index contributed by atoms with van der Waals surface area (Å²) in [6, 6.07) is 46.9. The Hall–Kier alpha value is -6.59. The minimum atomic E-state index is -3.92. The number of aromatic nitrogens is 2. The van der Waals surface area contributed by atoms with Gasteiger partial charge >= 0.3 is 13.6 Å². The van der Waals surface area contributed by atoms with Crippen LogP contribution >= 0.6 is 7.60 Å². The molecule has 12 nitrogen and oxygen atoms in total. The van der Waals surface area contributed by atoms with Crippen LogP contribution < -0.4 is 19.5 Å². The quantitative estimate of drug-likeness (QED) is 0.0791. The van der Waals surface area contributed by atoms with E-state index < -0.39 is 38.2 Å². The number of anilines is 1. The zero-order valence-corrected chi connectivity index (χ0v) is 32.9. The molecule has 0 spiro atoms. The molecule has 0 saturated carbocycles. The number of aromatic amines is 1. The van der Waals surface area contributed by atoms with Gasteiger partial charge < -0.3 is 39.5 Å². The molecule has 1 unspecified atom stereocenters. The van der Waals surface area contributed by atoms with Crippen LogP contribution in [0.5, 0.6) is 17.2 Å². The lowest BCUT2D eigenvalue weighted by Crippen LogP contribution is -2.50. The van der Waals surface area contributed by atoms with Gasteiger partial charge in [0.1, 0.15) is 29.5 Å². The predicted molar refractivity (Wildman–Crippen MR) is 226 cm³/mol. The summed E-state index contributed by atoms with van der Waals surface area (Å²) in [5.41, 5.74) is 9.92. The molecular formula is C46H44N5O7P. The number of carbonyl (C=O) groups is 1. The van der Waals surface area contributed by atoms with Crippen LogP contribution in [0.25, 0.3) is 10.9 Å². The van der Waals surface area contributed by atoms with Gasteiger partial charge in [0.2, 0.25) is 6.35 Å². The molecule has 6 aromatic carbocycles. The summed E-state index contributed by atoms with van der Waals surface area (Å²) >= 11 is 0. The SMILES string of the molecule is Nc1n[nH]c2ccc(CN3C(=O)N(Cc4cccc(OCP(=O)(Oc5ccccc5)Oc5ccccc5)c4)C(c4ccccc4)[C@H](O)[C@@H](O)[C@H]3Cc3ccccc3)cc12. The summed E-state index contributed by atoms with van der Waals surface area (Å²) in [5.74, 6) is 1.42. The number of H-pyrrole nitrogens is 1. The summed E-state index contributed by atoms with van der Waals surface area (Å²) in [4.78, 5) is 18.5. The number of nitrogens with one attached hydrogen (secondary N) is 1. The number of fused-ring (bicyclic) bond motifs is 1. The lowest BCUT2D eigenvalue weighted by Gasteiger charge is -2.36. The molecule has 1 aliphatic rings. The molecule has 2 heterocycles. The van der Waals surface area contributed by atoms with Crippen molar-refractivity contribution in [2.45, 2.75) is 43.8 Å². The summed E-state index contributed by atoms with van der Waals surface area (Å²) in [6.07, 6.45) is -2.84. The van der Waals surface area contributed by atoms with Gasteiger partial charge in [-0.3, -0.25) is 5.10 Å². The van der Waals surface area contributed by atoms with E-state index in [9.17, 15) is 14.8 Å². The second-order valence-electron chi connectivity index (χ2n) is 14.5. The maximum absolute atomic E-state index is 15.3. The number of nitrogen functional groups attached to an aromatic ring is 1. The molecule has 2 amide bonds. The Kier molecular flexibility index (Phi) is 11.6. The number of carbonyl (C=O) groups excluding carboxylic acids is 1. The molecule has 13 heteroatoms. The maximum atomic E-state index is 15.3. The first kappa shape index (κ1) is 39.2. The van der Waals surface area contributed by atoms with Crippen LogP contribution in [-0.4, -0.2) is 60.8 Å². The lowest BCUT2D eigenvalue weighted by molar-refractivity contribution is -0.0418. The third-order valence-corrected chi connectivity index (χ3v) is 11.8. The summed E-state index contributed by atoms with van der Waals surface area (Å²) < 4.78 is 32.2. The number of hydrogen-bond acceptors (Lipinski definition) is 9. The van der Waals surface area contributed by atoms with Crippen molar-refractivity contribution in [1.82, 2.24) is 20.0 Å². The van der Waals surface area contributed by atoms with E-state index in [1.54, 1.807) is 76.5 Å². The van der Waals surface area contributed by atoms with E-state index in [0.717, 1.165) is 16.6 Å². The number of nitrogens with zero attached hydrogens (tertiary/aromatic N) is 3. The monoisotopic (exact) mass is 809 g/mol. The summed E-state index contributed by atoms with van der Waals surface area (Å²) in [7, 11) is -3.92. The van der Waals surface area contributed by atoms with E-state index in [0.29, 0.717) is 39.6 Å². The second kappa shape index (κ2) is 17.5. The maximum Gasteiger partial charge on any atom is 0.468 e. The molecule has 0 bridgehead atoms. The van der Waals surface area contributed by atoms with Crippen molar-refractivity contribution in [1.29, 1.82) is 0 Å². The molecule has 1 fully saturated rings. The van der Waals surface area contributed by atoms with Gasteiger partial charge in [-0.1, -0.05) is 115 Å². The predicted octanol–water partition coefficient (Wildman–Crippen LogP) is 8.34. The van der Waals surface area contributed by atoms with Gasteiger partial charge in [0.05, 0.1) is 17.6 Å². The highest BCUT2D eigenvalue weighted by molar-refractivity contribution is 7.54. The van der Waals surface area contributed by atoms with Crippen molar-refractivity contribution >= 4 is 30.3 Å². The van der Waals surface area contributed by atoms with Crippen molar-refractivity contribution in [3.05, 3.63) is 186 Å². The van der Waals surface area contributed by atoms with Gasteiger partial charge in [-0.25, -0.2) is 9.36 Å². The largest absolute Gasteiger partial charge is 0.479 e. The van der Waals surface area contributed by atoms with Crippen LogP contribution in [0.4, 0.5) is 10.6 Å². The average molecular weight is 810 g/mol. The Labute approximate surface area is 341 Å². The van der Waals surface area contributed by atoms with Gasteiger partial charge in [-0.15, -0.1) is 0 Å². The molecule has 59 heavy (non-hydrogen) atoms. The average Bonchev–Trinajstić information content (AvgIpc) is 3.61. The molecule has 300 valence electrons. The molecule has 8 rings (SSSR count). The van der Waals surface area contributed by atoms with Crippen molar-refractivity contribution in [3.63, 3.8) is 0 Å². The smallest absolute Gasteiger partial charge is 0.468 e.